The van der Waals surface area contributed by atoms with Gasteiger partial charge in [-0.3, -0.25) is 9.36 Å². The zero-order chi connectivity index (χ0) is 10.5. The molecule has 0 saturated carbocycles. The molecule has 9 heteroatoms. The molecule has 0 spiro atoms. The van der Waals surface area contributed by atoms with Crippen LogP contribution in [-0.2, 0) is 9.36 Å². The third-order valence-electron chi connectivity index (χ3n) is 0.887. The van der Waals surface area contributed by atoms with Gasteiger partial charge in [-0.05, 0) is 0 Å². The van der Waals surface area contributed by atoms with Crippen LogP contribution in [0, 0.1) is 0 Å². The molecule has 0 aromatic carbocycles. The van der Waals surface area contributed by atoms with E-state index in [1.807, 2.05) is 5.32 Å². The molecule has 0 unspecified atom stereocenters. The van der Waals surface area contributed by atoms with Gasteiger partial charge in [0, 0.05) is 0 Å². The molecule has 0 radical (unpaired) electrons. The van der Waals surface area contributed by atoms with Crippen LogP contribution < -0.4 is 16.8 Å². The van der Waals surface area contributed by atoms with Crippen molar-refractivity contribution in [3.05, 3.63) is 0 Å². The molecule has 0 heterocycles. The maximum atomic E-state index is 10.7. The lowest BCUT2D eigenvalue weighted by molar-refractivity contribution is -0.119. The predicted octanol–water partition coefficient (Wildman–Crippen LogP) is -2.49. The van der Waals surface area contributed by atoms with E-state index < -0.39 is 19.8 Å². The Morgan fingerprint density at radius 2 is 2.00 bits per heavy atom. The molecule has 7 N–H and O–H groups in total. The fraction of sp³-hybridized carbons (Fsp3) is 0.500. The Morgan fingerprint density at radius 1 is 1.46 bits per heavy atom. The summed E-state index contributed by atoms with van der Waals surface area (Å²) in [6.45, 7) is -0.345. The smallest absolute Gasteiger partial charge is 0.344 e. The van der Waals surface area contributed by atoms with Gasteiger partial charge in [0.2, 0.25) is 5.91 Å². The van der Waals surface area contributed by atoms with E-state index in [0.29, 0.717) is 0 Å². The molecular formula is C4H11N4O4P. The van der Waals surface area contributed by atoms with Crippen LogP contribution in [0.4, 0.5) is 0 Å². The average molecular weight is 210 g/mol. The van der Waals surface area contributed by atoms with Crippen LogP contribution in [0.1, 0.15) is 0 Å². The number of guanidine groups is 1. The van der Waals surface area contributed by atoms with Crippen molar-refractivity contribution in [3.63, 3.8) is 0 Å². The summed E-state index contributed by atoms with van der Waals surface area (Å²) in [7, 11) is -4.21. The van der Waals surface area contributed by atoms with Gasteiger partial charge >= 0.3 is 7.60 Å². The number of aliphatic imine (C=N–C) groups is 1. The quantitative estimate of drug-likeness (QED) is 0.197. The molecular weight excluding hydrogens is 199 g/mol. The van der Waals surface area contributed by atoms with Gasteiger partial charge in [-0.2, -0.15) is 0 Å². The second-order valence-electron chi connectivity index (χ2n) is 2.16. The van der Waals surface area contributed by atoms with Crippen molar-refractivity contribution in [1.29, 1.82) is 0 Å². The van der Waals surface area contributed by atoms with E-state index in [0.717, 1.165) is 0 Å². The molecule has 8 nitrogen and oxygen atoms in total. The third kappa shape index (κ3) is 8.80. The average Bonchev–Trinajstić information content (AvgIpc) is 1.95. The second kappa shape index (κ2) is 4.80. The summed E-state index contributed by atoms with van der Waals surface area (Å²) in [5.74, 6) is -0.914. The fourth-order valence-electron chi connectivity index (χ4n) is 0.410. The lowest BCUT2D eigenvalue weighted by Crippen LogP contribution is -2.29. The summed E-state index contributed by atoms with van der Waals surface area (Å²) in [6, 6.07) is 0. The van der Waals surface area contributed by atoms with E-state index in [4.69, 9.17) is 21.3 Å². The van der Waals surface area contributed by atoms with Gasteiger partial charge in [-0.15, -0.1) is 0 Å². The monoisotopic (exact) mass is 210 g/mol. The first-order chi connectivity index (χ1) is 5.81. The molecule has 0 aromatic rings. The molecule has 76 valence electrons. The number of hydrogen-bond donors (Lipinski definition) is 5. The van der Waals surface area contributed by atoms with Crippen LogP contribution in [0.25, 0.3) is 0 Å². The van der Waals surface area contributed by atoms with Gasteiger partial charge in [-0.25, -0.2) is 4.99 Å². The van der Waals surface area contributed by atoms with Crippen molar-refractivity contribution in [3.8, 4) is 0 Å². The zero-order valence-corrected chi connectivity index (χ0v) is 7.57. The van der Waals surface area contributed by atoms with Crippen molar-refractivity contribution in [2.75, 3.05) is 12.8 Å². The Hall–Kier alpha value is -1.11. The fourth-order valence-corrected chi connectivity index (χ4v) is 0.792. The van der Waals surface area contributed by atoms with E-state index in [1.54, 1.807) is 0 Å². The van der Waals surface area contributed by atoms with Gasteiger partial charge in [0.1, 0.15) is 12.8 Å². The number of carbonyl (C=O) groups is 1. The summed E-state index contributed by atoms with van der Waals surface area (Å²) >= 11 is 0. The molecule has 1 amide bonds. The molecule has 0 aliphatic carbocycles. The number of nitrogens with one attached hydrogen (secondary N) is 1. The normalized spacial score (nSPS) is 10.6. The van der Waals surface area contributed by atoms with Gasteiger partial charge in [0.05, 0.1) is 0 Å². The SMILES string of the molecule is NC(N)=NCC(=O)NCP(=O)(O)O. The maximum Gasteiger partial charge on any atom is 0.344 e. The van der Waals surface area contributed by atoms with E-state index in [2.05, 4.69) is 4.99 Å². The Labute approximate surface area is 74.2 Å². The highest BCUT2D eigenvalue weighted by Gasteiger charge is 2.13. The summed E-state index contributed by atoms with van der Waals surface area (Å²) in [4.78, 5) is 30.8. The van der Waals surface area contributed by atoms with Crippen LogP contribution in [0.2, 0.25) is 0 Å². The summed E-state index contributed by atoms with van der Waals surface area (Å²) in [5.41, 5.74) is 9.83. The highest BCUT2D eigenvalue weighted by molar-refractivity contribution is 7.51. The summed E-state index contributed by atoms with van der Waals surface area (Å²) < 4.78 is 10.3. The van der Waals surface area contributed by atoms with Crippen LogP contribution in [-0.4, -0.2) is 34.5 Å². The Kier molecular flexibility index (Phi) is 4.39. The van der Waals surface area contributed by atoms with Crippen molar-refractivity contribution >= 4 is 19.5 Å². The topological polar surface area (TPSA) is 151 Å². The second-order valence-corrected chi connectivity index (χ2v) is 3.81. The first kappa shape index (κ1) is 11.9. The van der Waals surface area contributed by atoms with Gasteiger partial charge < -0.3 is 26.6 Å². The van der Waals surface area contributed by atoms with Crippen molar-refractivity contribution < 1.29 is 19.1 Å². The standard InChI is InChI=1S/C4H11N4O4P/c5-4(6)7-1-3(9)8-2-13(10,11)12/h1-2H2,(H,8,9)(H4,5,6,7)(H2,10,11,12). The molecule has 0 aliphatic rings. The van der Waals surface area contributed by atoms with Crippen LogP contribution in [0.15, 0.2) is 4.99 Å². The number of amides is 1. The predicted molar refractivity (Wildman–Crippen MR) is 45.7 cm³/mol. The van der Waals surface area contributed by atoms with Crippen LogP contribution >= 0.6 is 7.60 Å². The minimum absolute atomic E-state index is 0.258. The molecule has 0 rings (SSSR count). The largest absolute Gasteiger partial charge is 0.370 e. The molecule has 0 fully saturated rings. The number of carbonyl (C=O) groups excluding carboxylic acids is 1. The molecule has 0 atom stereocenters. The lowest BCUT2D eigenvalue weighted by atomic mass is 10.6. The third-order valence-corrected chi connectivity index (χ3v) is 1.46. The molecule has 0 aromatic heterocycles. The Bertz CT molecular complexity index is 255. The van der Waals surface area contributed by atoms with Gasteiger partial charge in [-0.1, -0.05) is 0 Å². The van der Waals surface area contributed by atoms with E-state index >= 15 is 0 Å². The van der Waals surface area contributed by atoms with Crippen molar-refractivity contribution in [2.24, 2.45) is 16.5 Å². The Balaban J connectivity index is 3.78. The van der Waals surface area contributed by atoms with Crippen LogP contribution in [0.5, 0.6) is 0 Å². The van der Waals surface area contributed by atoms with E-state index in [-0.39, 0.29) is 12.5 Å². The summed E-state index contributed by atoms with van der Waals surface area (Å²) in [6.07, 6.45) is -0.716. The van der Waals surface area contributed by atoms with Gasteiger partial charge in [0.15, 0.2) is 5.96 Å². The molecule has 0 saturated heterocycles. The minimum Gasteiger partial charge on any atom is -0.370 e. The lowest BCUT2D eigenvalue weighted by Gasteiger charge is -2.04. The molecule has 0 aliphatic heterocycles. The number of hydrogen-bond acceptors (Lipinski definition) is 3. The number of rotatable bonds is 4. The maximum absolute atomic E-state index is 10.7. The van der Waals surface area contributed by atoms with Crippen LogP contribution in [0.3, 0.4) is 0 Å². The first-order valence-corrected chi connectivity index (χ1v) is 4.97. The number of nitrogens with zero attached hydrogens (tertiary/aromatic N) is 1. The summed E-state index contributed by atoms with van der Waals surface area (Å²) in [5, 5.41) is 1.96. The van der Waals surface area contributed by atoms with E-state index in [1.165, 1.54) is 0 Å². The Morgan fingerprint density at radius 3 is 2.38 bits per heavy atom. The highest BCUT2D eigenvalue weighted by Crippen LogP contribution is 2.31. The van der Waals surface area contributed by atoms with Crippen molar-refractivity contribution in [1.82, 2.24) is 5.32 Å². The van der Waals surface area contributed by atoms with E-state index in [9.17, 15) is 9.36 Å². The highest BCUT2D eigenvalue weighted by atomic mass is 31.2. The zero-order valence-electron chi connectivity index (χ0n) is 6.67. The number of nitrogens with two attached hydrogens (primary N) is 2. The van der Waals surface area contributed by atoms with Crippen molar-refractivity contribution in [2.45, 2.75) is 0 Å². The first-order valence-electron chi connectivity index (χ1n) is 3.18. The molecule has 0 bridgehead atoms. The van der Waals surface area contributed by atoms with Gasteiger partial charge in [0.25, 0.3) is 0 Å². The molecule has 13 heavy (non-hydrogen) atoms. The minimum atomic E-state index is -4.21.